The van der Waals surface area contributed by atoms with Crippen molar-refractivity contribution in [1.29, 1.82) is 0 Å². The van der Waals surface area contributed by atoms with Crippen molar-refractivity contribution in [3.05, 3.63) is 12.3 Å². The van der Waals surface area contributed by atoms with E-state index >= 15 is 0 Å². The molecule has 0 amide bonds. The molecular weight excluding hydrogens is 367 g/mol. The zero-order valence-corrected chi connectivity index (χ0v) is 17.3. The van der Waals surface area contributed by atoms with E-state index in [4.69, 9.17) is 4.74 Å². The standard InChI is InChI=1S/C5H7N2O.3C4H9.Sn/c1-2-8-5-3-4-6-7-5;3*1-3-4-2;/h2-4H,1H3,(H,6,7);3*1,3-4H2,2H3;. The predicted octanol–water partition coefficient (Wildman–Crippen LogP) is 5.57. The van der Waals surface area contributed by atoms with Crippen LogP contribution < -0.4 is 4.74 Å². The molecule has 0 aliphatic rings. The molecule has 1 unspecified atom stereocenters. The molecule has 0 radical (unpaired) electrons. The molecule has 1 N–H and O–H groups in total. The van der Waals surface area contributed by atoms with Crippen LogP contribution in [-0.2, 0) is 0 Å². The van der Waals surface area contributed by atoms with E-state index in [1.165, 1.54) is 51.8 Å². The molecular formula is C17H34N2OSn. The van der Waals surface area contributed by atoms with Crippen LogP contribution in [0.5, 0.6) is 5.88 Å². The maximum atomic E-state index is 6.29. The summed E-state index contributed by atoms with van der Waals surface area (Å²) in [5.74, 6) is 0.855. The minimum absolute atomic E-state index is 0.449. The van der Waals surface area contributed by atoms with E-state index in [2.05, 4.69) is 37.9 Å². The number of rotatable bonds is 12. The van der Waals surface area contributed by atoms with E-state index in [9.17, 15) is 0 Å². The Morgan fingerprint density at radius 3 is 1.95 bits per heavy atom. The predicted molar refractivity (Wildman–Crippen MR) is 93.6 cm³/mol. The third kappa shape index (κ3) is 6.21. The molecule has 1 heterocycles. The van der Waals surface area contributed by atoms with Crippen LogP contribution in [0.15, 0.2) is 12.3 Å². The molecule has 0 bridgehead atoms. The van der Waals surface area contributed by atoms with Gasteiger partial charge in [-0.05, 0) is 0 Å². The molecule has 21 heavy (non-hydrogen) atoms. The van der Waals surface area contributed by atoms with Gasteiger partial charge in [0.2, 0.25) is 0 Å². The number of nitrogens with one attached hydrogen (secondary N) is 1. The molecule has 1 aromatic heterocycles. The summed E-state index contributed by atoms with van der Waals surface area (Å²) in [6.45, 7) is 9.29. The van der Waals surface area contributed by atoms with Gasteiger partial charge in [-0.15, -0.1) is 0 Å². The van der Waals surface area contributed by atoms with Gasteiger partial charge in [-0.2, -0.15) is 0 Å². The van der Waals surface area contributed by atoms with Gasteiger partial charge in [0.25, 0.3) is 0 Å². The van der Waals surface area contributed by atoms with Crippen molar-refractivity contribution in [2.75, 3.05) is 0 Å². The SMILES string of the molecule is CCC[CH2][Sn]([CH2]CCC)([CH2]CCC)[CH](C)Oc1ccn[nH]1. The topological polar surface area (TPSA) is 37.9 Å². The summed E-state index contributed by atoms with van der Waals surface area (Å²) in [6.07, 6.45) is 9.89. The number of ether oxygens (including phenoxy) is 1. The number of hydrogen-bond donors (Lipinski definition) is 1. The molecule has 1 aromatic rings. The van der Waals surface area contributed by atoms with Crippen molar-refractivity contribution in [3.63, 3.8) is 0 Å². The first kappa shape index (κ1) is 18.9. The molecule has 1 atom stereocenters. The van der Waals surface area contributed by atoms with Gasteiger partial charge in [0.1, 0.15) is 0 Å². The average molecular weight is 401 g/mol. The van der Waals surface area contributed by atoms with Crippen LogP contribution in [0.25, 0.3) is 0 Å². The first-order valence-corrected chi connectivity index (χ1v) is 16.5. The molecule has 1 rings (SSSR count). The summed E-state index contributed by atoms with van der Waals surface area (Å²) < 4.78 is 11.2. The van der Waals surface area contributed by atoms with Crippen molar-refractivity contribution in [1.82, 2.24) is 10.2 Å². The van der Waals surface area contributed by atoms with Crippen LogP contribution in [0, 0.1) is 0 Å². The second-order valence-electron chi connectivity index (χ2n) is 6.35. The molecule has 0 saturated carbocycles. The van der Waals surface area contributed by atoms with Crippen LogP contribution in [-0.4, -0.2) is 32.7 Å². The quantitative estimate of drug-likeness (QED) is 0.466. The fraction of sp³-hybridized carbons (Fsp3) is 0.824. The zero-order valence-electron chi connectivity index (χ0n) is 14.5. The number of aromatic amines is 1. The van der Waals surface area contributed by atoms with E-state index in [-0.39, 0.29) is 0 Å². The Hall–Kier alpha value is -0.191. The molecule has 122 valence electrons. The molecule has 4 heteroatoms. The number of aromatic nitrogens is 2. The number of unbranched alkanes of at least 4 members (excludes halogenated alkanes) is 3. The summed E-state index contributed by atoms with van der Waals surface area (Å²) in [5, 5.41) is 6.99. The van der Waals surface area contributed by atoms with Crippen molar-refractivity contribution in [2.45, 2.75) is 83.6 Å². The molecule has 0 aliphatic carbocycles. The van der Waals surface area contributed by atoms with Crippen LogP contribution in [0.3, 0.4) is 0 Å². The maximum absolute atomic E-state index is 6.29. The Kier molecular flexibility index (Phi) is 9.45. The second-order valence-corrected chi connectivity index (χ2v) is 20.7. The summed E-state index contributed by atoms with van der Waals surface area (Å²) >= 11 is -2.26. The van der Waals surface area contributed by atoms with Crippen LogP contribution in [0.2, 0.25) is 13.3 Å². The summed E-state index contributed by atoms with van der Waals surface area (Å²) in [5.41, 5.74) is 0. The second kappa shape index (κ2) is 10.5. The Labute approximate surface area is 135 Å². The summed E-state index contributed by atoms with van der Waals surface area (Å²) in [7, 11) is 0. The minimum atomic E-state index is -2.26. The third-order valence-corrected chi connectivity index (χ3v) is 21.5. The average Bonchev–Trinajstić information content (AvgIpc) is 2.99. The van der Waals surface area contributed by atoms with Crippen LogP contribution in [0.4, 0.5) is 0 Å². The van der Waals surface area contributed by atoms with E-state index in [0.29, 0.717) is 4.12 Å². The van der Waals surface area contributed by atoms with E-state index in [1.54, 1.807) is 6.20 Å². The Morgan fingerprint density at radius 1 is 1.05 bits per heavy atom. The Morgan fingerprint density at radius 2 is 1.57 bits per heavy atom. The van der Waals surface area contributed by atoms with Crippen molar-refractivity contribution in [2.24, 2.45) is 0 Å². The first-order chi connectivity index (χ1) is 10.2. The fourth-order valence-electron chi connectivity index (χ4n) is 3.20. The van der Waals surface area contributed by atoms with E-state index < -0.39 is 18.4 Å². The van der Waals surface area contributed by atoms with Gasteiger partial charge in [0.15, 0.2) is 0 Å². The van der Waals surface area contributed by atoms with Gasteiger partial charge in [-0.25, -0.2) is 0 Å². The molecule has 0 spiro atoms. The molecule has 0 aliphatic heterocycles. The normalized spacial score (nSPS) is 13.3. The Balaban J connectivity index is 2.82. The van der Waals surface area contributed by atoms with Gasteiger partial charge in [0.05, 0.1) is 0 Å². The first-order valence-electron chi connectivity index (χ1n) is 8.84. The van der Waals surface area contributed by atoms with Gasteiger partial charge >= 0.3 is 135 Å². The van der Waals surface area contributed by atoms with Crippen molar-refractivity contribution in [3.8, 4) is 5.88 Å². The monoisotopic (exact) mass is 402 g/mol. The zero-order chi connectivity index (χ0) is 15.6. The molecule has 3 nitrogen and oxygen atoms in total. The van der Waals surface area contributed by atoms with E-state index in [0.717, 1.165) is 5.88 Å². The van der Waals surface area contributed by atoms with Gasteiger partial charge in [0, 0.05) is 0 Å². The van der Waals surface area contributed by atoms with E-state index in [1.807, 2.05) is 6.07 Å². The third-order valence-electron chi connectivity index (χ3n) is 4.73. The number of hydrogen-bond acceptors (Lipinski definition) is 2. The summed E-state index contributed by atoms with van der Waals surface area (Å²) in [4.78, 5) is 0. The fourth-order valence-corrected chi connectivity index (χ4v) is 18.9. The molecule has 0 fully saturated rings. The van der Waals surface area contributed by atoms with Crippen LogP contribution in [0.1, 0.15) is 66.2 Å². The van der Waals surface area contributed by atoms with Gasteiger partial charge < -0.3 is 0 Å². The molecule has 0 aromatic carbocycles. The molecule has 0 saturated heterocycles. The number of H-pyrrole nitrogens is 1. The van der Waals surface area contributed by atoms with Crippen molar-refractivity contribution >= 4 is 18.4 Å². The number of nitrogens with zero attached hydrogens (tertiary/aromatic N) is 1. The van der Waals surface area contributed by atoms with Gasteiger partial charge in [-0.3, -0.25) is 0 Å². The van der Waals surface area contributed by atoms with Crippen LogP contribution >= 0.6 is 0 Å². The van der Waals surface area contributed by atoms with Crippen molar-refractivity contribution < 1.29 is 4.74 Å². The van der Waals surface area contributed by atoms with Gasteiger partial charge in [-0.1, -0.05) is 0 Å². The Bertz CT molecular complexity index is 332. The summed E-state index contributed by atoms with van der Waals surface area (Å²) in [6, 6.07) is 1.95.